The van der Waals surface area contributed by atoms with Crippen molar-refractivity contribution in [3.63, 3.8) is 0 Å². The molecule has 4 heteroatoms. The van der Waals surface area contributed by atoms with Gasteiger partial charge < -0.3 is 14.6 Å². The van der Waals surface area contributed by atoms with Gasteiger partial charge in [0.25, 0.3) is 0 Å². The van der Waals surface area contributed by atoms with Gasteiger partial charge in [-0.15, -0.1) is 0 Å². The molecular weight excluding hydrogens is 232 g/mol. The van der Waals surface area contributed by atoms with Crippen molar-refractivity contribution in [2.45, 2.75) is 19.6 Å². The predicted molar refractivity (Wildman–Crippen MR) is 66.4 cm³/mol. The van der Waals surface area contributed by atoms with E-state index in [1.165, 1.54) is 0 Å². The van der Waals surface area contributed by atoms with Gasteiger partial charge in [-0.25, -0.2) is 4.79 Å². The molecule has 4 nitrogen and oxygen atoms in total. The molecule has 1 aromatic rings. The van der Waals surface area contributed by atoms with Gasteiger partial charge in [-0.3, -0.25) is 0 Å². The Hall–Kier alpha value is -2.23. The average Bonchev–Trinajstić information content (AvgIpc) is 2.27. The lowest BCUT2D eigenvalue weighted by molar-refractivity contribution is -0.208. The zero-order valence-corrected chi connectivity index (χ0v) is 10.3. The Morgan fingerprint density at radius 2 is 1.83 bits per heavy atom. The van der Waals surface area contributed by atoms with Crippen LogP contribution in [-0.4, -0.2) is 16.9 Å². The molecule has 2 rings (SSSR count). The Balaban J connectivity index is 2.44. The molecule has 1 aromatic carbocycles. The topological polar surface area (TPSA) is 55.8 Å². The van der Waals surface area contributed by atoms with E-state index in [2.05, 4.69) is 6.58 Å². The van der Waals surface area contributed by atoms with E-state index in [0.717, 1.165) is 0 Å². The number of aliphatic hydroxyl groups excluding tert-OH is 1. The van der Waals surface area contributed by atoms with Gasteiger partial charge in [0, 0.05) is 19.4 Å². The number of ether oxygens (including phenoxy) is 2. The fourth-order valence-corrected chi connectivity index (χ4v) is 1.73. The minimum Gasteiger partial charge on any atom is -0.506 e. The number of benzene rings is 1. The highest BCUT2D eigenvalue weighted by Crippen LogP contribution is 2.32. The first-order valence-corrected chi connectivity index (χ1v) is 5.51. The van der Waals surface area contributed by atoms with Crippen LogP contribution in [0.25, 0.3) is 5.76 Å². The number of esters is 1. The third-order valence-electron chi connectivity index (χ3n) is 2.47. The molecule has 0 saturated carbocycles. The maximum atomic E-state index is 11.9. The molecule has 0 spiro atoms. The second-order valence-corrected chi connectivity index (χ2v) is 4.40. The van der Waals surface area contributed by atoms with Crippen LogP contribution in [0.4, 0.5) is 0 Å². The van der Waals surface area contributed by atoms with Gasteiger partial charge in [0.1, 0.15) is 17.1 Å². The minimum atomic E-state index is -1.06. The summed E-state index contributed by atoms with van der Waals surface area (Å²) in [4.78, 5) is 11.9. The van der Waals surface area contributed by atoms with Gasteiger partial charge in [0.15, 0.2) is 0 Å². The molecule has 1 aliphatic heterocycles. The van der Waals surface area contributed by atoms with Gasteiger partial charge in [-0.2, -0.15) is 0 Å². The Bertz CT molecular complexity index is 504. The Labute approximate surface area is 105 Å². The molecule has 0 radical (unpaired) electrons. The van der Waals surface area contributed by atoms with E-state index in [4.69, 9.17) is 9.47 Å². The predicted octanol–water partition coefficient (Wildman–Crippen LogP) is 2.78. The molecule has 0 aliphatic carbocycles. The lowest BCUT2D eigenvalue weighted by Gasteiger charge is -2.32. The largest absolute Gasteiger partial charge is 0.506 e. The van der Waals surface area contributed by atoms with Crippen LogP contribution in [0.3, 0.4) is 0 Å². The van der Waals surface area contributed by atoms with Crippen LogP contribution < -0.4 is 0 Å². The summed E-state index contributed by atoms with van der Waals surface area (Å²) in [6, 6.07) is 8.70. The van der Waals surface area contributed by atoms with E-state index >= 15 is 0 Å². The number of cyclic esters (lactones) is 1. The van der Waals surface area contributed by atoms with E-state index in [-0.39, 0.29) is 17.1 Å². The Morgan fingerprint density at radius 3 is 2.39 bits per heavy atom. The average molecular weight is 246 g/mol. The van der Waals surface area contributed by atoms with Crippen molar-refractivity contribution in [1.29, 1.82) is 0 Å². The summed E-state index contributed by atoms with van der Waals surface area (Å²) in [7, 11) is 0. The monoisotopic (exact) mass is 246 g/mol. The van der Waals surface area contributed by atoms with Crippen molar-refractivity contribution < 1.29 is 19.4 Å². The van der Waals surface area contributed by atoms with Crippen LogP contribution in [0, 0.1) is 0 Å². The highest BCUT2D eigenvalue weighted by Gasteiger charge is 2.37. The van der Waals surface area contributed by atoms with Crippen LogP contribution in [0.5, 0.6) is 0 Å². The van der Waals surface area contributed by atoms with Gasteiger partial charge in [-0.05, 0) is 0 Å². The van der Waals surface area contributed by atoms with Crippen molar-refractivity contribution >= 4 is 11.7 Å². The molecule has 0 amide bonds. The van der Waals surface area contributed by atoms with E-state index in [1.54, 1.807) is 38.1 Å². The molecule has 0 unspecified atom stereocenters. The first kappa shape index (κ1) is 12.2. The fourth-order valence-electron chi connectivity index (χ4n) is 1.73. The molecule has 1 N–H and O–H groups in total. The highest BCUT2D eigenvalue weighted by molar-refractivity contribution is 6.00. The molecule has 1 saturated heterocycles. The molecule has 0 atom stereocenters. The quantitative estimate of drug-likeness (QED) is 0.470. The third-order valence-corrected chi connectivity index (χ3v) is 2.47. The molecule has 0 bridgehead atoms. The van der Waals surface area contributed by atoms with Crippen molar-refractivity contribution in [2.24, 2.45) is 0 Å². The zero-order chi connectivity index (χ0) is 13.3. The lowest BCUT2D eigenvalue weighted by Crippen LogP contribution is -2.37. The van der Waals surface area contributed by atoms with E-state index < -0.39 is 11.8 Å². The summed E-state index contributed by atoms with van der Waals surface area (Å²) in [6.07, 6.45) is 0. The van der Waals surface area contributed by atoms with Gasteiger partial charge >= 0.3 is 5.97 Å². The van der Waals surface area contributed by atoms with Crippen LogP contribution >= 0.6 is 0 Å². The smallest absolute Gasteiger partial charge is 0.349 e. The maximum absolute atomic E-state index is 11.9. The Morgan fingerprint density at radius 1 is 1.22 bits per heavy atom. The lowest BCUT2D eigenvalue weighted by atomic mass is 10.1. The number of carbonyl (C=O) groups excluding carboxylic acids is 1. The van der Waals surface area contributed by atoms with E-state index in [0.29, 0.717) is 5.56 Å². The first-order chi connectivity index (χ1) is 8.41. The summed E-state index contributed by atoms with van der Waals surface area (Å²) in [5, 5.41) is 10.1. The normalized spacial score (nSPS) is 21.0. The summed E-state index contributed by atoms with van der Waals surface area (Å²) in [5.74, 6) is -1.79. The van der Waals surface area contributed by atoms with Crippen LogP contribution in [-0.2, 0) is 14.3 Å². The fraction of sp³-hybridized carbons (Fsp3) is 0.214. The molecule has 1 aliphatic rings. The second kappa shape index (κ2) is 4.22. The van der Waals surface area contributed by atoms with Crippen molar-refractivity contribution in [2.75, 3.05) is 0 Å². The standard InChI is InChI=1S/C14H14O4/c1-9-11(13(16)18-14(2,3)17-9)12(15)10-7-5-4-6-8-10/h4-8,15H,1H2,2-3H3/b12-11+. The third kappa shape index (κ3) is 2.22. The number of rotatable bonds is 1. The van der Waals surface area contributed by atoms with E-state index in [9.17, 15) is 9.90 Å². The summed E-state index contributed by atoms with van der Waals surface area (Å²) >= 11 is 0. The second-order valence-electron chi connectivity index (χ2n) is 4.40. The molecule has 0 aromatic heterocycles. The summed E-state index contributed by atoms with van der Waals surface area (Å²) in [5.41, 5.74) is 0.467. The number of carbonyl (C=O) groups is 1. The van der Waals surface area contributed by atoms with Crippen molar-refractivity contribution in [3.05, 3.63) is 53.8 Å². The van der Waals surface area contributed by atoms with Crippen LogP contribution in [0.15, 0.2) is 48.2 Å². The first-order valence-electron chi connectivity index (χ1n) is 5.51. The number of hydrogen-bond donors (Lipinski definition) is 1. The molecule has 18 heavy (non-hydrogen) atoms. The van der Waals surface area contributed by atoms with Crippen LogP contribution in [0.1, 0.15) is 19.4 Å². The van der Waals surface area contributed by atoms with Gasteiger partial charge in [0.2, 0.25) is 5.79 Å². The van der Waals surface area contributed by atoms with Gasteiger partial charge in [0.05, 0.1) is 0 Å². The summed E-state index contributed by atoms with van der Waals surface area (Å²) in [6.45, 7) is 6.85. The van der Waals surface area contributed by atoms with Crippen molar-refractivity contribution in [3.8, 4) is 0 Å². The molecule has 1 fully saturated rings. The van der Waals surface area contributed by atoms with Crippen molar-refractivity contribution in [1.82, 2.24) is 0 Å². The zero-order valence-electron chi connectivity index (χ0n) is 10.3. The maximum Gasteiger partial charge on any atom is 0.349 e. The van der Waals surface area contributed by atoms with Gasteiger partial charge in [-0.1, -0.05) is 36.9 Å². The molecule has 94 valence electrons. The van der Waals surface area contributed by atoms with Crippen LogP contribution in [0.2, 0.25) is 0 Å². The highest BCUT2D eigenvalue weighted by atomic mass is 16.7. The summed E-state index contributed by atoms with van der Waals surface area (Å²) < 4.78 is 10.4. The molecule has 1 heterocycles. The minimum absolute atomic E-state index is 0.0412. The Kier molecular flexibility index (Phi) is 2.87. The number of aliphatic hydroxyl groups is 1. The number of hydrogen-bond acceptors (Lipinski definition) is 4. The van der Waals surface area contributed by atoms with E-state index in [1.807, 2.05) is 6.07 Å². The SMILES string of the molecule is C=C1OC(C)(C)OC(=O)/C1=C(/O)c1ccccc1. The molecular formula is C14H14O4.